The SMILES string of the molecule is CN1CCN(c2ccc3nc(CCN)cn3n2)CC1. The van der Waals surface area contributed by atoms with Gasteiger partial charge < -0.3 is 15.5 Å². The van der Waals surface area contributed by atoms with Gasteiger partial charge in [0, 0.05) is 32.6 Å². The largest absolute Gasteiger partial charge is 0.353 e. The fourth-order valence-corrected chi connectivity index (χ4v) is 2.39. The second-order valence-electron chi connectivity index (χ2n) is 5.06. The summed E-state index contributed by atoms with van der Waals surface area (Å²) < 4.78 is 1.86. The van der Waals surface area contributed by atoms with Crippen LogP contribution in [0, 0.1) is 0 Å². The summed E-state index contributed by atoms with van der Waals surface area (Å²) in [6, 6.07) is 4.08. The van der Waals surface area contributed by atoms with E-state index in [1.807, 2.05) is 16.8 Å². The van der Waals surface area contributed by atoms with Crippen molar-refractivity contribution >= 4 is 11.5 Å². The molecule has 6 nitrogen and oxygen atoms in total. The smallest absolute Gasteiger partial charge is 0.153 e. The molecule has 0 atom stereocenters. The van der Waals surface area contributed by atoms with Gasteiger partial charge in [-0.05, 0) is 25.7 Å². The highest BCUT2D eigenvalue weighted by molar-refractivity contribution is 5.47. The molecular formula is C13H20N6. The van der Waals surface area contributed by atoms with Crippen LogP contribution < -0.4 is 10.6 Å². The van der Waals surface area contributed by atoms with Crippen LogP contribution in [-0.4, -0.2) is 59.3 Å². The summed E-state index contributed by atoms with van der Waals surface area (Å²) in [5.74, 6) is 1.03. The van der Waals surface area contributed by atoms with E-state index in [1.54, 1.807) is 0 Å². The van der Waals surface area contributed by atoms with Crippen molar-refractivity contribution in [2.45, 2.75) is 6.42 Å². The van der Waals surface area contributed by atoms with Crippen molar-refractivity contribution in [1.29, 1.82) is 0 Å². The number of anilines is 1. The normalized spacial score (nSPS) is 17.3. The number of likely N-dealkylation sites (N-methyl/N-ethyl adjacent to an activating group) is 1. The summed E-state index contributed by atoms with van der Waals surface area (Å²) in [5.41, 5.74) is 7.45. The molecule has 0 bridgehead atoms. The zero-order valence-electron chi connectivity index (χ0n) is 11.3. The third-order valence-corrected chi connectivity index (χ3v) is 3.58. The van der Waals surface area contributed by atoms with Gasteiger partial charge in [-0.25, -0.2) is 9.50 Å². The maximum Gasteiger partial charge on any atom is 0.153 e. The van der Waals surface area contributed by atoms with Gasteiger partial charge in [0.2, 0.25) is 0 Å². The van der Waals surface area contributed by atoms with E-state index in [1.165, 1.54) is 0 Å². The Morgan fingerprint density at radius 3 is 2.74 bits per heavy atom. The Labute approximate surface area is 112 Å². The molecule has 0 unspecified atom stereocenters. The third-order valence-electron chi connectivity index (χ3n) is 3.58. The molecular weight excluding hydrogens is 240 g/mol. The van der Waals surface area contributed by atoms with Crippen molar-refractivity contribution in [2.24, 2.45) is 5.73 Å². The minimum atomic E-state index is 0.620. The minimum absolute atomic E-state index is 0.620. The van der Waals surface area contributed by atoms with Crippen molar-refractivity contribution in [1.82, 2.24) is 19.5 Å². The second-order valence-corrected chi connectivity index (χ2v) is 5.06. The molecule has 2 aromatic rings. The van der Waals surface area contributed by atoms with Gasteiger partial charge in [0.1, 0.15) is 5.82 Å². The third kappa shape index (κ3) is 2.54. The van der Waals surface area contributed by atoms with Crippen molar-refractivity contribution in [2.75, 3.05) is 44.7 Å². The molecule has 1 saturated heterocycles. The number of hydrogen-bond acceptors (Lipinski definition) is 5. The fraction of sp³-hybridized carbons (Fsp3) is 0.538. The number of fused-ring (bicyclic) bond motifs is 1. The van der Waals surface area contributed by atoms with Crippen LogP contribution in [0.5, 0.6) is 0 Å². The maximum atomic E-state index is 5.56. The van der Waals surface area contributed by atoms with Gasteiger partial charge in [0.25, 0.3) is 0 Å². The van der Waals surface area contributed by atoms with Crippen molar-refractivity contribution in [3.8, 4) is 0 Å². The minimum Gasteiger partial charge on any atom is -0.353 e. The summed E-state index contributed by atoms with van der Waals surface area (Å²) in [4.78, 5) is 9.15. The van der Waals surface area contributed by atoms with E-state index < -0.39 is 0 Å². The van der Waals surface area contributed by atoms with Crippen LogP contribution in [0.25, 0.3) is 5.65 Å². The molecule has 0 aliphatic carbocycles. The van der Waals surface area contributed by atoms with Crippen LogP contribution in [-0.2, 0) is 6.42 Å². The number of nitrogens with two attached hydrogens (primary N) is 1. The fourth-order valence-electron chi connectivity index (χ4n) is 2.39. The van der Waals surface area contributed by atoms with E-state index in [0.717, 1.165) is 49.8 Å². The van der Waals surface area contributed by atoms with E-state index >= 15 is 0 Å². The van der Waals surface area contributed by atoms with Gasteiger partial charge in [-0.3, -0.25) is 0 Å². The maximum absolute atomic E-state index is 5.56. The predicted octanol–water partition coefficient (Wildman–Crippen LogP) is -0.0177. The molecule has 102 valence electrons. The zero-order chi connectivity index (χ0) is 13.2. The average molecular weight is 260 g/mol. The number of aromatic nitrogens is 3. The highest BCUT2D eigenvalue weighted by Crippen LogP contribution is 2.14. The van der Waals surface area contributed by atoms with Gasteiger partial charge in [-0.1, -0.05) is 0 Å². The van der Waals surface area contributed by atoms with E-state index in [9.17, 15) is 0 Å². The number of piperazine rings is 1. The molecule has 6 heteroatoms. The summed E-state index contributed by atoms with van der Waals surface area (Å²) in [7, 11) is 2.16. The lowest BCUT2D eigenvalue weighted by Crippen LogP contribution is -2.44. The molecule has 2 aromatic heterocycles. The van der Waals surface area contributed by atoms with Crippen LogP contribution in [0.2, 0.25) is 0 Å². The Bertz CT molecular complexity index is 555. The molecule has 0 amide bonds. The molecule has 0 saturated carbocycles. The van der Waals surface area contributed by atoms with E-state index in [-0.39, 0.29) is 0 Å². The Morgan fingerprint density at radius 2 is 2.00 bits per heavy atom. The number of rotatable bonds is 3. The van der Waals surface area contributed by atoms with Crippen molar-refractivity contribution < 1.29 is 0 Å². The first-order valence-electron chi connectivity index (χ1n) is 6.75. The molecule has 1 aliphatic rings. The quantitative estimate of drug-likeness (QED) is 0.840. The van der Waals surface area contributed by atoms with Crippen LogP contribution >= 0.6 is 0 Å². The van der Waals surface area contributed by atoms with Gasteiger partial charge in [0.05, 0.1) is 11.9 Å². The second kappa shape index (κ2) is 5.14. The highest BCUT2D eigenvalue weighted by atomic mass is 15.3. The topological polar surface area (TPSA) is 62.7 Å². The summed E-state index contributed by atoms with van der Waals surface area (Å²) >= 11 is 0. The Balaban J connectivity index is 1.84. The Kier molecular flexibility index (Phi) is 3.35. The zero-order valence-corrected chi connectivity index (χ0v) is 11.3. The molecule has 0 spiro atoms. The molecule has 2 N–H and O–H groups in total. The lowest BCUT2D eigenvalue weighted by atomic mass is 10.3. The number of imidazole rings is 1. The Hall–Kier alpha value is -1.66. The molecule has 3 heterocycles. The van der Waals surface area contributed by atoms with Crippen LogP contribution in [0.1, 0.15) is 5.69 Å². The van der Waals surface area contributed by atoms with Gasteiger partial charge >= 0.3 is 0 Å². The standard InChI is InChI=1S/C13H20N6/c1-17-6-8-18(9-7-17)13-3-2-12-15-11(4-5-14)10-19(12)16-13/h2-3,10H,4-9,14H2,1H3. The van der Waals surface area contributed by atoms with Gasteiger partial charge in [0.15, 0.2) is 5.65 Å². The lowest BCUT2D eigenvalue weighted by molar-refractivity contribution is 0.311. The summed E-state index contributed by atoms with van der Waals surface area (Å²) in [5, 5.41) is 4.65. The molecule has 3 rings (SSSR count). The molecule has 0 aromatic carbocycles. The van der Waals surface area contributed by atoms with E-state index in [0.29, 0.717) is 6.54 Å². The van der Waals surface area contributed by atoms with Crippen molar-refractivity contribution in [3.05, 3.63) is 24.0 Å². The first kappa shape index (κ1) is 12.4. The summed E-state index contributed by atoms with van der Waals surface area (Å²) in [6.07, 6.45) is 2.77. The summed E-state index contributed by atoms with van der Waals surface area (Å²) in [6.45, 7) is 4.85. The van der Waals surface area contributed by atoms with Crippen LogP contribution in [0.4, 0.5) is 5.82 Å². The van der Waals surface area contributed by atoms with Gasteiger partial charge in [-0.2, -0.15) is 0 Å². The Morgan fingerprint density at radius 1 is 1.21 bits per heavy atom. The van der Waals surface area contributed by atoms with Crippen LogP contribution in [0.15, 0.2) is 18.3 Å². The van der Waals surface area contributed by atoms with E-state index in [4.69, 9.17) is 5.73 Å². The van der Waals surface area contributed by atoms with Crippen LogP contribution in [0.3, 0.4) is 0 Å². The average Bonchev–Trinajstić information content (AvgIpc) is 2.81. The highest BCUT2D eigenvalue weighted by Gasteiger charge is 2.15. The molecule has 0 radical (unpaired) electrons. The lowest BCUT2D eigenvalue weighted by Gasteiger charge is -2.32. The number of nitrogens with zero attached hydrogens (tertiary/aromatic N) is 5. The first-order chi connectivity index (χ1) is 9.26. The molecule has 1 fully saturated rings. The molecule has 1 aliphatic heterocycles. The van der Waals surface area contributed by atoms with Crippen molar-refractivity contribution in [3.63, 3.8) is 0 Å². The number of hydrogen-bond donors (Lipinski definition) is 1. The van der Waals surface area contributed by atoms with E-state index in [2.05, 4.69) is 33.0 Å². The molecule has 19 heavy (non-hydrogen) atoms. The first-order valence-corrected chi connectivity index (χ1v) is 6.75. The van der Waals surface area contributed by atoms with Gasteiger partial charge in [-0.15, -0.1) is 5.10 Å². The predicted molar refractivity (Wildman–Crippen MR) is 75.5 cm³/mol. The monoisotopic (exact) mass is 260 g/mol.